The van der Waals surface area contributed by atoms with Gasteiger partial charge in [-0.15, -0.1) is 0 Å². The normalized spacial score (nSPS) is 17.5. The smallest absolute Gasteiger partial charge is 0.165 e. The minimum Gasteiger partial charge on any atom is -0.368 e. The van der Waals surface area contributed by atoms with E-state index in [1.165, 1.54) is 32.1 Å². The highest BCUT2D eigenvalue weighted by atomic mass is 16.5. The number of hydrogen-bond donors (Lipinski definition) is 0. The van der Waals surface area contributed by atoms with Crippen molar-refractivity contribution in [2.45, 2.75) is 39.0 Å². The number of hydrogen-bond acceptors (Lipinski definition) is 1. The monoisotopic (exact) mass is 184 g/mol. The molecule has 0 saturated carbocycles. The van der Waals surface area contributed by atoms with Gasteiger partial charge >= 0.3 is 0 Å². The molecular weight excluding hydrogens is 162 g/mol. The molecule has 0 atom stereocenters. The van der Waals surface area contributed by atoms with Gasteiger partial charge in [0.15, 0.2) is 13.1 Å². The van der Waals surface area contributed by atoms with Crippen molar-refractivity contribution in [2.75, 3.05) is 26.3 Å². The van der Waals surface area contributed by atoms with Crippen LogP contribution >= 0.6 is 0 Å². The molecule has 0 radical (unpaired) electrons. The van der Waals surface area contributed by atoms with E-state index in [1.54, 1.807) is 0 Å². The highest BCUT2D eigenvalue weighted by Gasteiger charge is 2.09. The molecule has 0 N–H and O–H groups in total. The summed E-state index contributed by atoms with van der Waals surface area (Å²) < 4.78 is 7.68. The summed E-state index contributed by atoms with van der Waals surface area (Å²) in [6, 6.07) is 0. The van der Waals surface area contributed by atoms with E-state index in [0.29, 0.717) is 0 Å². The second kappa shape index (κ2) is 7.07. The molecular formula is C11H22NO+. The van der Waals surface area contributed by atoms with Gasteiger partial charge in [-0.1, -0.05) is 26.2 Å². The SMILES string of the molecule is CCCCCCC=[N+]1CCOCC1. The third-order valence-electron chi connectivity index (χ3n) is 2.49. The Bertz CT molecular complexity index is 146. The van der Waals surface area contributed by atoms with Crippen LogP contribution in [0, 0.1) is 0 Å². The van der Waals surface area contributed by atoms with Crippen molar-refractivity contribution in [3.05, 3.63) is 0 Å². The first-order valence-corrected chi connectivity index (χ1v) is 5.58. The maximum atomic E-state index is 5.28. The van der Waals surface area contributed by atoms with Crippen molar-refractivity contribution in [1.82, 2.24) is 0 Å². The van der Waals surface area contributed by atoms with E-state index in [4.69, 9.17) is 4.74 Å². The Hall–Kier alpha value is -0.370. The molecule has 0 aromatic rings. The zero-order chi connectivity index (χ0) is 9.36. The number of morpholine rings is 1. The van der Waals surface area contributed by atoms with Gasteiger partial charge in [0.05, 0.1) is 0 Å². The van der Waals surface area contributed by atoms with E-state index < -0.39 is 0 Å². The van der Waals surface area contributed by atoms with Gasteiger partial charge in [0.2, 0.25) is 0 Å². The summed E-state index contributed by atoms with van der Waals surface area (Å²) in [6.45, 7) is 6.25. The Labute approximate surface area is 81.6 Å². The molecule has 0 aromatic carbocycles. The molecule has 0 aromatic heterocycles. The quantitative estimate of drug-likeness (QED) is 0.470. The zero-order valence-electron chi connectivity index (χ0n) is 8.80. The topological polar surface area (TPSA) is 12.2 Å². The van der Waals surface area contributed by atoms with Crippen LogP contribution in [0.3, 0.4) is 0 Å². The van der Waals surface area contributed by atoms with Gasteiger partial charge in [-0.05, 0) is 6.42 Å². The summed E-state index contributed by atoms with van der Waals surface area (Å²) in [6.07, 6.45) is 9.06. The minimum absolute atomic E-state index is 0.908. The zero-order valence-corrected chi connectivity index (χ0v) is 8.80. The molecule has 1 heterocycles. The van der Waals surface area contributed by atoms with Crippen LogP contribution in [0.15, 0.2) is 0 Å². The molecule has 1 rings (SSSR count). The van der Waals surface area contributed by atoms with Crippen molar-refractivity contribution in [3.63, 3.8) is 0 Å². The van der Waals surface area contributed by atoms with E-state index in [0.717, 1.165) is 26.3 Å². The fourth-order valence-corrected chi connectivity index (χ4v) is 1.61. The largest absolute Gasteiger partial charge is 0.368 e. The molecule has 2 heteroatoms. The van der Waals surface area contributed by atoms with Crippen LogP contribution < -0.4 is 0 Å². The molecule has 0 unspecified atom stereocenters. The van der Waals surface area contributed by atoms with Crippen LogP contribution in [0.4, 0.5) is 0 Å². The Kier molecular flexibility index (Phi) is 5.83. The van der Waals surface area contributed by atoms with Gasteiger partial charge in [-0.2, -0.15) is 0 Å². The van der Waals surface area contributed by atoms with Crippen molar-refractivity contribution < 1.29 is 9.31 Å². The van der Waals surface area contributed by atoms with E-state index in [2.05, 4.69) is 17.7 Å². The molecule has 0 aliphatic carbocycles. The predicted octanol–water partition coefficient (Wildman–Crippen LogP) is 2.07. The molecule has 2 nitrogen and oxygen atoms in total. The average molecular weight is 184 g/mol. The van der Waals surface area contributed by atoms with Crippen LogP contribution in [0.1, 0.15) is 39.0 Å². The second-order valence-corrected chi connectivity index (χ2v) is 3.68. The lowest BCUT2D eigenvalue weighted by Gasteiger charge is -2.10. The summed E-state index contributed by atoms with van der Waals surface area (Å²) in [4.78, 5) is 0. The average Bonchev–Trinajstić information content (AvgIpc) is 2.19. The van der Waals surface area contributed by atoms with Gasteiger partial charge in [-0.3, -0.25) is 0 Å². The van der Waals surface area contributed by atoms with Crippen LogP contribution in [-0.2, 0) is 4.74 Å². The van der Waals surface area contributed by atoms with Crippen LogP contribution in [-0.4, -0.2) is 37.1 Å². The Balaban J connectivity index is 2.01. The van der Waals surface area contributed by atoms with Gasteiger partial charge in [0.1, 0.15) is 19.4 Å². The molecule has 1 aliphatic rings. The van der Waals surface area contributed by atoms with Gasteiger partial charge in [0, 0.05) is 6.42 Å². The second-order valence-electron chi connectivity index (χ2n) is 3.68. The summed E-state index contributed by atoms with van der Waals surface area (Å²) in [5.41, 5.74) is 0. The lowest BCUT2D eigenvalue weighted by Crippen LogP contribution is -2.29. The highest BCUT2D eigenvalue weighted by molar-refractivity contribution is 5.50. The molecule has 1 saturated heterocycles. The predicted molar refractivity (Wildman–Crippen MR) is 55.6 cm³/mol. The maximum Gasteiger partial charge on any atom is 0.165 e. The molecule has 1 aliphatic heterocycles. The standard InChI is InChI=1S/C11H22NO/c1-2-3-4-5-6-7-12-8-10-13-11-9-12/h7H,2-6,8-11H2,1H3/q+1. The molecule has 0 bridgehead atoms. The fourth-order valence-electron chi connectivity index (χ4n) is 1.61. The lowest BCUT2D eigenvalue weighted by atomic mass is 10.2. The van der Waals surface area contributed by atoms with Gasteiger partial charge < -0.3 is 4.74 Å². The number of rotatable bonds is 5. The third-order valence-corrected chi connectivity index (χ3v) is 2.49. The van der Waals surface area contributed by atoms with Crippen molar-refractivity contribution in [3.8, 4) is 0 Å². The fraction of sp³-hybridized carbons (Fsp3) is 0.909. The molecule has 0 amide bonds. The molecule has 0 spiro atoms. The van der Waals surface area contributed by atoms with E-state index in [1.807, 2.05) is 0 Å². The minimum atomic E-state index is 0.908. The van der Waals surface area contributed by atoms with Crippen LogP contribution in [0.5, 0.6) is 0 Å². The van der Waals surface area contributed by atoms with Crippen molar-refractivity contribution in [2.24, 2.45) is 0 Å². The first-order valence-electron chi connectivity index (χ1n) is 5.58. The molecule has 1 fully saturated rings. The Morgan fingerprint density at radius 2 is 1.92 bits per heavy atom. The van der Waals surface area contributed by atoms with E-state index >= 15 is 0 Å². The number of unbranched alkanes of at least 4 members (excludes halogenated alkanes) is 4. The summed E-state index contributed by atoms with van der Waals surface area (Å²) >= 11 is 0. The third kappa shape index (κ3) is 5.04. The molecule has 13 heavy (non-hydrogen) atoms. The molecule has 76 valence electrons. The maximum absolute atomic E-state index is 5.28. The summed E-state index contributed by atoms with van der Waals surface area (Å²) in [7, 11) is 0. The first-order chi connectivity index (χ1) is 6.43. The van der Waals surface area contributed by atoms with Crippen LogP contribution in [0.2, 0.25) is 0 Å². The van der Waals surface area contributed by atoms with Gasteiger partial charge in [0.25, 0.3) is 0 Å². The first kappa shape index (κ1) is 10.7. The van der Waals surface area contributed by atoms with Gasteiger partial charge in [-0.25, -0.2) is 4.58 Å². The summed E-state index contributed by atoms with van der Waals surface area (Å²) in [5.74, 6) is 0. The van der Waals surface area contributed by atoms with Crippen molar-refractivity contribution >= 4 is 6.21 Å². The van der Waals surface area contributed by atoms with E-state index in [-0.39, 0.29) is 0 Å². The lowest BCUT2D eigenvalue weighted by molar-refractivity contribution is -0.546. The highest BCUT2D eigenvalue weighted by Crippen LogP contribution is 2.00. The van der Waals surface area contributed by atoms with Crippen LogP contribution in [0.25, 0.3) is 0 Å². The number of nitrogens with zero attached hydrogens (tertiary/aromatic N) is 1. The van der Waals surface area contributed by atoms with E-state index in [9.17, 15) is 0 Å². The van der Waals surface area contributed by atoms with Crippen molar-refractivity contribution in [1.29, 1.82) is 0 Å². The number of ether oxygens (including phenoxy) is 1. The Morgan fingerprint density at radius 1 is 1.15 bits per heavy atom. The summed E-state index contributed by atoms with van der Waals surface area (Å²) in [5, 5.41) is 0. The Morgan fingerprint density at radius 3 is 2.62 bits per heavy atom.